The van der Waals surface area contributed by atoms with Crippen LogP contribution in [-0.2, 0) is 16.0 Å². The molecule has 0 aromatic carbocycles. The largest absolute Gasteiger partial charge is 0.444 e. The molecule has 120 valence electrons. The number of oxime groups is 1. The third kappa shape index (κ3) is 8.87. The molecule has 0 aliphatic heterocycles. The minimum Gasteiger partial charge on any atom is -0.444 e. The van der Waals surface area contributed by atoms with Crippen molar-refractivity contribution in [2.75, 3.05) is 14.2 Å². The normalized spacial score (nSPS) is 11.4. The number of thiophene rings is 1. The number of alkyl carbamates (subject to hydrolysis) is 1. The van der Waals surface area contributed by atoms with Crippen LogP contribution in [0.25, 0.3) is 0 Å². The number of carbonyl (C=O) groups excluding carboxylic acids is 1. The van der Waals surface area contributed by atoms with E-state index >= 15 is 0 Å². The van der Waals surface area contributed by atoms with Crippen molar-refractivity contribution < 1.29 is 19.5 Å². The monoisotopic (exact) mass is 317 g/mol. The van der Waals surface area contributed by atoms with E-state index in [4.69, 9.17) is 15.7 Å². The quantitative estimate of drug-likeness (QED) is 0.343. The van der Waals surface area contributed by atoms with Crippen LogP contribution in [0.5, 0.6) is 0 Å². The Kier molecular flexibility index (Phi) is 8.41. The summed E-state index contributed by atoms with van der Waals surface area (Å²) >= 11 is 1.41. The number of rotatable bonds is 3. The molecule has 0 bridgehead atoms. The van der Waals surface area contributed by atoms with Gasteiger partial charge in [-0.15, -0.1) is 11.3 Å². The summed E-state index contributed by atoms with van der Waals surface area (Å²) < 4.78 is 9.35. The third-order valence-electron chi connectivity index (χ3n) is 1.86. The molecule has 0 aliphatic carbocycles. The van der Waals surface area contributed by atoms with Crippen molar-refractivity contribution in [3.05, 3.63) is 21.9 Å². The Balaban J connectivity index is 0.00000122. The Morgan fingerprint density at radius 2 is 2.05 bits per heavy atom. The molecule has 7 nitrogen and oxygen atoms in total. The van der Waals surface area contributed by atoms with Gasteiger partial charge in [-0.1, -0.05) is 5.16 Å². The highest BCUT2D eigenvalue weighted by Crippen LogP contribution is 2.14. The highest BCUT2D eigenvalue weighted by molar-refractivity contribution is 7.10. The highest BCUT2D eigenvalue weighted by atomic mass is 32.1. The zero-order valence-electron chi connectivity index (χ0n) is 13.0. The number of methoxy groups -OCH3 is 1. The maximum absolute atomic E-state index is 11.4. The van der Waals surface area contributed by atoms with E-state index in [1.807, 2.05) is 0 Å². The van der Waals surface area contributed by atoms with Gasteiger partial charge in [-0.3, -0.25) is 0 Å². The van der Waals surface area contributed by atoms with E-state index in [-0.39, 0.29) is 5.84 Å². The fourth-order valence-electron chi connectivity index (χ4n) is 1.14. The number of nitrogens with two attached hydrogens (primary N) is 1. The van der Waals surface area contributed by atoms with Gasteiger partial charge in [0.25, 0.3) is 0 Å². The summed E-state index contributed by atoms with van der Waals surface area (Å²) in [6.45, 7) is 5.75. The number of carbonyl (C=O) groups is 1. The SMILES string of the molecule is CC(C)(C)OC(=O)NCc1cc(/C(N)=N/O)cs1.COC. The van der Waals surface area contributed by atoms with Crippen molar-refractivity contribution in [2.45, 2.75) is 32.9 Å². The number of nitrogens with zero attached hydrogens (tertiary/aromatic N) is 1. The van der Waals surface area contributed by atoms with E-state index in [0.29, 0.717) is 12.1 Å². The number of hydrogen-bond donors (Lipinski definition) is 3. The first-order valence-electron chi connectivity index (χ1n) is 6.15. The number of nitrogens with one attached hydrogen (secondary N) is 1. The Labute approximate surface area is 128 Å². The predicted octanol–water partition coefficient (Wildman–Crippen LogP) is 2.13. The van der Waals surface area contributed by atoms with Gasteiger partial charge in [0.2, 0.25) is 0 Å². The first-order valence-corrected chi connectivity index (χ1v) is 7.03. The minimum absolute atomic E-state index is 0.0507. The van der Waals surface area contributed by atoms with E-state index in [1.165, 1.54) is 11.3 Å². The van der Waals surface area contributed by atoms with Crippen molar-refractivity contribution in [2.24, 2.45) is 10.9 Å². The molecule has 0 atom stereocenters. The van der Waals surface area contributed by atoms with Gasteiger partial charge in [-0.2, -0.15) is 0 Å². The van der Waals surface area contributed by atoms with Crippen molar-refractivity contribution in [3.8, 4) is 0 Å². The topological polar surface area (TPSA) is 106 Å². The number of hydrogen-bond acceptors (Lipinski definition) is 6. The van der Waals surface area contributed by atoms with Crippen LogP contribution < -0.4 is 11.1 Å². The molecule has 0 aliphatic rings. The van der Waals surface area contributed by atoms with Crippen LogP contribution in [-0.4, -0.2) is 37.0 Å². The molecule has 8 heteroatoms. The molecular weight excluding hydrogens is 294 g/mol. The Morgan fingerprint density at radius 3 is 2.52 bits per heavy atom. The lowest BCUT2D eigenvalue weighted by Gasteiger charge is -2.19. The Hall–Kier alpha value is -1.80. The van der Waals surface area contributed by atoms with Crippen LogP contribution in [0.1, 0.15) is 31.2 Å². The second-order valence-electron chi connectivity index (χ2n) is 5.05. The molecule has 0 spiro atoms. The lowest BCUT2D eigenvalue weighted by molar-refractivity contribution is 0.0524. The van der Waals surface area contributed by atoms with Crippen LogP contribution in [0, 0.1) is 0 Å². The van der Waals surface area contributed by atoms with E-state index in [9.17, 15) is 4.79 Å². The molecule has 0 fully saturated rings. The van der Waals surface area contributed by atoms with Gasteiger partial charge in [-0.05, 0) is 26.8 Å². The van der Waals surface area contributed by atoms with Gasteiger partial charge >= 0.3 is 6.09 Å². The molecule has 4 N–H and O–H groups in total. The highest BCUT2D eigenvalue weighted by Gasteiger charge is 2.16. The molecule has 0 radical (unpaired) electrons. The summed E-state index contributed by atoms with van der Waals surface area (Å²) in [5.74, 6) is 0.0507. The summed E-state index contributed by atoms with van der Waals surface area (Å²) in [7, 11) is 3.25. The molecule has 1 rings (SSSR count). The molecule has 0 saturated carbocycles. The second-order valence-corrected chi connectivity index (χ2v) is 6.05. The van der Waals surface area contributed by atoms with Gasteiger partial charge in [0.1, 0.15) is 5.60 Å². The maximum atomic E-state index is 11.4. The molecule has 0 saturated heterocycles. The predicted molar refractivity (Wildman–Crippen MR) is 82.8 cm³/mol. The fraction of sp³-hybridized carbons (Fsp3) is 0.538. The van der Waals surface area contributed by atoms with Crippen LogP contribution in [0.4, 0.5) is 4.79 Å². The molecule has 21 heavy (non-hydrogen) atoms. The number of amides is 1. The first-order chi connectivity index (χ1) is 9.73. The smallest absolute Gasteiger partial charge is 0.407 e. The second kappa shape index (κ2) is 9.19. The van der Waals surface area contributed by atoms with Crippen molar-refractivity contribution in [1.82, 2.24) is 5.32 Å². The Morgan fingerprint density at radius 1 is 1.48 bits per heavy atom. The van der Waals surface area contributed by atoms with E-state index in [0.717, 1.165) is 4.88 Å². The number of ether oxygens (including phenoxy) is 2. The van der Waals surface area contributed by atoms with Crippen molar-refractivity contribution in [3.63, 3.8) is 0 Å². The average Bonchev–Trinajstić information content (AvgIpc) is 2.83. The van der Waals surface area contributed by atoms with Crippen LogP contribution in [0.3, 0.4) is 0 Å². The summed E-state index contributed by atoms with van der Waals surface area (Å²) in [6, 6.07) is 1.75. The summed E-state index contributed by atoms with van der Waals surface area (Å²) in [4.78, 5) is 12.3. The van der Waals surface area contributed by atoms with Gasteiger partial charge < -0.3 is 25.7 Å². The maximum Gasteiger partial charge on any atom is 0.407 e. The molecule has 1 amide bonds. The summed E-state index contributed by atoms with van der Waals surface area (Å²) in [5.41, 5.74) is 5.55. The van der Waals surface area contributed by atoms with Gasteiger partial charge in [0, 0.05) is 30.0 Å². The van der Waals surface area contributed by atoms with Crippen LogP contribution in [0.2, 0.25) is 0 Å². The Bertz CT molecular complexity index is 466. The standard InChI is InChI=1S/C11H17N3O3S.C2H6O/c1-11(2,3)17-10(15)13-5-8-4-7(6-18-8)9(12)14-16;1-3-2/h4,6,16H,5H2,1-3H3,(H2,12,14)(H,13,15);1-2H3. The third-order valence-corrected chi connectivity index (χ3v) is 2.80. The van der Waals surface area contributed by atoms with Crippen LogP contribution >= 0.6 is 11.3 Å². The minimum atomic E-state index is -0.515. The molecular formula is C13H23N3O4S. The molecule has 1 aromatic rings. The van der Waals surface area contributed by atoms with Crippen molar-refractivity contribution in [1.29, 1.82) is 0 Å². The van der Waals surface area contributed by atoms with Gasteiger partial charge in [0.15, 0.2) is 5.84 Å². The zero-order chi connectivity index (χ0) is 16.5. The molecule has 0 unspecified atom stereocenters. The molecule has 1 aromatic heterocycles. The van der Waals surface area contributed by atoms with Gasteiger partial charge in [-0.25, -0.2) is 4.79 Å². The van der Waals surface area contributed by atoms with E-state index in [1.54, 1.807) is 46.4 Å². The first kappa shape index (κ1) is 19.2. The molecule has 1 heterocycles. The number of amidine groups is 1. The van der Waals surface area contributed by atoms with Gasteiger partial charge in [0.05, 0.1) is 6.54 Å². The summed E-state index contributed by atoms with van der Waals surface area (Å²) in [6.07, 6.45) is -0.471. The lowest BCUT2D eigenvalue weighted by Crippen LogP contribution is -2.31. The van der Waals surface area contributed by atoms with E-state index < -0.39 is 11.7 Å². The average molecular weight is 317 g/mol. The summed E-state index contributed by atoms with van der Waals surface area (Å²) in [5, 5.41) is 15.8. The van der Waals surface area contributed by atoms with Crippen molar-refractivity contribution >= 4 is 23.3 Å². The van der Waals surface area contributed by atoms with E-state index in [2.05, 4.69) is 15.2 Å². The fourth-order valence-corrected chi connectivity index (χ4v) is 1.96. The van der Waals surface area contributed by atoms with Crippen LogP contribution in [0.15, 0.2) is 16.6 Å². The zero-order valence-corrected chi connectivity index (χ0v) is 13.8. The lowest BCUT2D eigenvalue weighted by atomic mass is 10.2.